The van der Waals surface area contributed by atoms with Gasteiger partial charge in [0.1, 0.15) is 18.8 Å². The Balaban J connectivity index is 1.49. The predicted molar refractivity (Wildman–Crippen MR) is 97.9 cm³/mol. The van der Waals surface area contributed by atoms with Crippen LogP contribution in [0.5, 0.6) is 0 Å². The number of benzene rings is 1. The van der Waals surface area contributed by atoms with Crippen LogP contribution in [0.3, 0.4) is 0 Å². The molecule has 2 bridgehead atoms. The van der Waals surface area contributed by atoms with Crippen molar-refractivity contribution in [1.29, 1.82) is 0 Å². The molecule has 4 rings (SSSR count). The third-order valence-electron chi connectivity index (χ3n) is 5.71. The number of hydrogen-bond donors (Lipinski definition) is 0. The van der Waals surface area contributed by atoms with Crippen LogP contribution in [0.15, 0.2) is 24.3 Å². The van der Waals surface area contributed by atoms with E-state index in [1.54, 1.807) is 0 Å². The SMILES string of the molecule is CC(F)(F)C(=O)OC1C2CC3C1OC(=O)C3C2C(=O)OCc1ccc(I)cc1. The molecule has 1 aromatic carbocycles. The second kappa shape index (κ2) is 6.93. The average molecular weight is 506 g/mol. The maximum Gasteiger partial charge on any atom is 0.377 e. The third-order valence-corrected chi connectivity index (χ3v) is 6.43. The van der Waals surface area contributed by atoms with Crippen LogP contribution in [0.1, 0.15) is 18.9 Å². The molecule has 0 N–H and O–H groups in total. The van der Waals surface area contributed by atoms with E-state index >= 15 is 0 Å². The first-order valence-corrected chi connectivity index (χ1v) is 9.95. The first-order valence-electron chi connectivity index (χ1n) is 8.87. The third kappa shape index (κ3) is 3.27. The Hall–Kier alpha value is -1.78. The van der Waals surface area contributed by atoms with E-state index in [-0.39, 0.29) is 12.5 Å². The number of fused-ring (bicyclic) bond motifs is 1. The fourth-order valence-corrected chi connectivity index (χ4v) is 4.89. The molecule has 3 aliphatic rings. The Bertz CT molecular complexity index is 821. The highest BCUT2D eigenvalue weighted by Gasteiger charge is 2.70. The Kier molecular flexibility index (Phi) is 4.83. The van der Waals surface area contributed by atoms with Gasteiger partial charge in [-0.2, -0.15) is 8.78 Å². The number of rotatable bonds is 5. The fraction of sp³-hybridized carbons (Fsp3) is 0.526. The molecular formula is C19H17F2IO6. The normalized spacial score (nSPS) is 32.9. The number of hydrogen-bond acceptors (Lipinski definition) is 6. The van der Waals surface area contributed by atoms with E-state index < -0.39 is 53.8 Å². The quantitative estimate of drug-likeness (QED) is 0.348. The number of ether oxygens (including phenoxy) is 3. The topological polar surface area (TPSA) is 78.9 Å². The summed E-state index contributed by atoms with van der Waals surface area (Å²) in [6.07, 6.45) is -1.42. The molecule has 0 amide bonds. The van der Waals surface area contributed by atoms with Crippen LogP contribution in [0.2, 0.25) is 0 Å². The molecule has 0 radical (unpaired) electrons. The van der Waals surface area contributed by atoms with Crippen LogP contribution < -0.4 is 0 Å². The standard InChI is InChI=1S/C19H17F2IO6/c1-19(20,21)18(25)28-15-10-6-11-13(17(24)27-14(11)15)12(10)16(23)26-7-8-2-4-9(22)5-3-8/h2-5,10-15H,6-7H2,1H3. The Morgan fingerprint density at radius 2 is 1.93 bits per heavy atom. The van der Waals surface area contributed by atoms with Gasteiger partial charge in [0.25, 0.3) is 0 Å². The maximum absolute atomic E-state index is 13.2. The fourth-order valence-electron chi connectivity index (χ4n) is 4.53. The van der Waals surface area contributed by atoms with E-state index in [0.29, 0.717) is 13.3 Å². The molecule has 6 nitrogen and oxygen atoms in total. The maximum atomic E-state index is 13.2. The second-order valence-corrected chi connectivity index (χ2v) is 8.75. The van der Waals surface area contributed by atoms with E-state index in [4.69, 9.17) is 14.2 Å². The van der Waals surface area contributed by atoms with Gasteiger partial charge in [-0.25, -0.2) is 4.79 Å². The van der Waals surface area contributed by atoms with E-state index in [1.807, 2.05) is 24.3 Å². The minimum Gasteiger partial charge on any atom is -0.461 e. The summed E-state index contributed by atoms with van der Waals surface area (Å²) in [5, 5.41) is 0. The minimum absolute atomic E-state index is 0.0340. The largest absolute Gasteiger partial charge is 0.461 e. The van der Waals surface area contributed by atoms with Crippen molar-refractivity contribution in [2.24, 2.45) is 23.7 Å². The molecule has 0 aromatic heterocycles. The van der Waals surface area contributed by atoms with Crippen LogP contribution in [-0.2, 0) is 35.2 Å². The molecule has 0 spiro atoms. The first kappa shape index (κ1) is 19.5. The van der Waals surface area contributed by atoms with Crippen molar-refractivity contribution in [3.05, 3.63) is 33.4 Å². The first-order chi connectivity index (χ1) is 13.2. The molecule has 2 saturated carbocycles. The molecule has 2 aliphatic carbocycles. The molecule has 150 valence electrons. The zero-order chi connectivity index (χ0) is 20.2. The Morgan fingerprint density at radius 1 is 1.25 bits per heavy atom. The lowest BCUT2D eigenvalue weighted by Crippen LogP contribution is -2.45. The predicted octanol–water partition coefficient (Wildman–Crippen LogP) is 2.71. The monoisotopic (exact) mass is 506 g/mol. The number of alkyl halides is 2. The van der Waals surface area contributed by atoms with Crippen LogP contribution in [-0.4, -0.2) is 36.0 Å². The number of halogens is 3. The van der Waals surface area contributed by atoms with Crippen molar-refractivity contribution in [1.82, 2.24) is 0 Å². The number of esters is 3. The summed E-state index contributed by atoms with van der Waals surface area (Å²) < 4.78 is 43.1. The molecule has 3 fully saturated rings. The highest BCUT2D eigenvalue weighted by Crippen LogP contribution is 2.59. The van der Waals surface area contributed by atoms with Gasteiger partial charge in [0, 0.05) is 22.3 Å². The van der Waals surface area contributed by atoms with Crippen LogP contribution >= 0.6 is 22.6 Å². The van der Waals surface area contributed by atoms with Gasteiger partial charge in [-0.3, -0.25) is 9.59 Å². The molecule has 1 aromatic rings. The van der Waals surface area contributed by atoms with Crippen LogP contribution in [0.4, 0.5) is 8.78 Å². The van der Waals surface area contributed by atoms with Crippen LogP contribution in [0.25, 0.3) is 0 Å². The lowest BCUT2D eigenvalue weighted by atomic mass is 9.78. The van der Waals surface area contributed by atoms with Crippen LogP contribution in [0, 0.1) is 27.2 Å². The highest BCUT2D eigenvalue weighted by molar-refractivity contribution is 14.1. The highest BCUT2D eigenvalue weighted by atomic mass is 127. The molecule has 1 heterocycles. The number of carbonyl (C=O) groups is 3. The average Bonchev–Trinajstić information content (AvgIpc) is 3.23. The molecular weight excluding hydrogens is 489 g/mol. The lowest BCUT2D eigenvalue weighted by molar-refractivity contribution is -0.186. The van der Waals surface area contributed by atoms with Crippen molar-refractivity contribution in [3.63, 3.8) is 0 Å². The van der Waals surface area contributed by atoms with Gasteiger partial charge in [-0.15, -0.1) is 0 Å². The molecule has 6 unspecified atom stereocenters. The van der Waals surface area contributed by atoms with Gasteiger partial charge in [0.15, 0.2) is 0 Å². The number of carbonyl (C=O) groups excluding carboxylic acids is 3. The minimum atomic E-state index is -3.66. The van der Waals surface area contributed by atoms with Crippen molar-refractivity contribution in [3.8, 4) is 0 Å². The summed E-state index contributed by atoms with van der Waals surface area (Å²) in [6, 6.07) is 7.40. The summed E-state index contributed by atoms with van der Waals surface area (Å²) in [5.41, 5.74) is 0.789. The summed E-state index contributed by atoms with van der Waals surface area (Å²) in [7, 11) is 0. The summed E-state index contributed by atoms with van der Waals surface area (Å²) >= 11 is 2.16. The van der Waals surface area contributed by atoms with Gasteiger partial charge in [0.2, 0.25) is 0 Å². The van der Waals surface area contributed by atoms with Gasteiger partial charge in [-0.05, 0) is 46.7 Å². The van der Waals surface area contributed by atoms with Gasteiger partial charge < -0.3 is 14.2 Å². The summed E-state index contributed by atoms with van der Waals surface area (Å²) in [5.74, 6) is -8.92. The van der Waals surface area contributed by atoms with E-state index in [0.717, 1.165) is 9.13 Å². The molecule has 6 atom stereocenters. The van der Waals surface area contributed by atoms with Crippen molar-refractivity contribution < 1.29 is 37.4 Å². The van der Waals surface area contributed by atoms with E-state index in [2.05, 4.69) is 22.6 Å². The lowest BCUT2D eigenvalue weighted by Gasteiger charge is -2.30. The van der Waals surface area contributed by atoms with Crippen molar-refractivity contribution >= 4 is 40.5 Å². The zero-order valence-electron chi connectivity index (χ0n) is 14.8. The second-order valence-electron chi connectivity index (χ2n) is 7.51. The Morgan fingerprint density at radius 3 is 2.57 bits per heavy atom. The smallest absolute Gasteiger partial charge is 0.377 e. The molecule has 1 saturated heterocycles. The van der Waals surface area contributed by atoms with Gasteiger partial charge in [-0.1, -0.05) is 12.1 Å². The van der Waals surface area contributed by atoms with E-state index in [1.165, 1.54) is 0 Å². The van der Waals surface area contributed by atoms with E-state index in [9.17, 15) is 23.2 Å². The van der Waals surface area contributed by atoms with Gasteiger partial charge >= 0.3 is 23.8 Å². The molecule has 1 aliphatic heterocycles. The summed E-state index contributed by atoms with van der Waals surface area (Å²) in [6.45, 7) is 0.477. The van der Waals surface area contributed by atoms with Gasteiger partial charge in [0.05, 0.1) is 11.8 Å². The van der Waals surface area contributed by atoms with Crippen molar-refractivity contribution in [2.45, 2.75) is 38.1 Å². The molecule has 9 heteroatoms. The Labute approximate surface area is 173 Å². The zero-order valence-corrected chi connectivity index (χ0v) is 16.9. The molecule has 28 heavy (non-hydrogen) atoms. The summed E-state index contributed by atoms with van der Waals surface area (Å²) in [4.78, 5) is 36.6. The van der Waals surface area contributed by atoms with Crippen molar-refractivity contribution in [2.75, 3.05) is 0 Å².